The third kappa shape index (κ3) is 6.37. The van der Waals surface area contributed by atoms with E-state index in [4.69, 9.17) is 0 Å². The van der Waals surface area contributed by atoms with Gasteiger partial charge >= 0.3 is 6.18 Å². The lowest BCUT2D eigenvalue weighted by molar-refractivity contribution is -0.159. The van der Waals surface area contributed by atoms with E-state index in [9.17, 15) is 13.2 Å². The molecule has 0 bridgehead atoms. The molecule has 0 aromatic carbocycles. The van der Waals surface area contributed by atoms with E-state index in [1.54, 1.807) is 0 Å². The first kappa shape index (κ1) is 22.3. The standard InChI is InChI=1S/C19H33F3Si/c1-8-9-10-11-12-18(19(20,21)22)13-14-23(15(2)3,16(4)5)17(6)7/h9-10,15-18H,8,11-12H2,1-7H3/b10-9+/t18-/m1/s1. The summed E-state index contributed by atoms with van der Waals surface area (Å²) in [7, 11) is -2.10. The molecule has 0 amide bonds. The van der Waals surface area contributed by atoms with Gasteiger partial charge in [0.1, 0.15) is 14.0 Å². The Bertz CT molecular complexity index is 400. The van der Waals surface area contributed by atoms with E-state index in [1.165, 1.54) is 0 Å². The van der Waals surface area contributed by atoms with Crippen LogP contribution in [-0.2, 0) is 0 Å². The molecule has 1 atom stereocenters. The molecule has 0 nitrogen and oxygen atoms in total. The number of hydrogen-bond donors (Lipinski definition) is 0. The summed E-state index contributed by atoms with van der Waals surface area (Å²) in [6.45, 7) is 14.7. The molecule has 0 aliphatic heterocycles. The van der Waals surface area contributed by atoms with Crippen molar-refractivity contribution in [1.29, 1.82) is 0 Å². The van der Waals surface area contributed by atoms with E-state index in [0.717, 1.165) is 6.42 Å². The molecule has 23 heavy (non-hydrogen) atoms. The Kier molecular flexibility index (Phi) is 9.28. The summed E-state index contributed by atoms with van der Waals surface area (Å²) in [4.78, 5) is 0. The molecule has 0 N–H and O–H groups in total. The van der Waals surface area contributed by atoms with Crippen molar-refractivity contribution in [1.82, 2.24) is 0 Å². The lowest BCUT2D eigenvalue weighted by Gasteiger charge is -2.38. The molecule has 0 rings (SSSR count). The zero-order valence-corrected chi connectivity index (χ0v) is 16.7. The fourth-order valence-corrected chi connectivity index (χ4v) is 8.80. The quantitative estimate of drug-likeness (QED) is 0.261. The van der Waals surface area contributed by atoms with Crippen LogP contribution in [0, 0.1) is 17.4 Å². The van der Waals surface area contributed by atoms with Crippen molar-refractivity contribution in [3.63, 3.8) is 0 Å². The maximum atomic E-state index is 13.3. The summed E-state index contributed by atoms with van der Waals surface area (Å²) in [5.41, 5.74) is 4.28. The molecule has 0 spiro atoms. The highest BCUT2D eigenvalue weighted by atomic mass is 28.3. The van der Waals surface area contributed by atoms with Gasteiger partial charge in [0.15, 0.2) is 0 Å². The van der Waals surface area contributed by atoms with E-state index in [0.29, 0.717) is 23.0 Å². The third-order valence-corrected chi connectivity index (χ3v) is 11.1. The summed E-state index contributed by atoms with van der Waals surface area (Å²) in [6, 6.07) is 0. The molecule has 0 unspecified atom stereocenters. The molecule has 0 fully saturated rings. The molecule has 0 heterocycles. The Hall–Kier alpha value is -0.693. The Labute approximate surface area is 141 Å². The van der Waals surface area contributed by atoms with Crippen molar-refractivity contribution in [3.8, 4) is 11.5 Å². The maximum absolute atomic E-state index is 13.3. The van der Waals surface area contributed by atoms with Crippen LogP contribution in [0.1, 0.15) is 67.7 Å². The van der Waals surface area contributed by atoms with Crippen LogP contribution in [0.2, 0.25) is 16.6 Å². The van der Waals surface area contributed by atoms with E-state index in [1.807, 2.05) is 19.1 Å². The number of hydrogen-bond acceptors (Lipinski definition) is 0. The average molecular weight is 347 g/mol. The van der Waals surface area contributed by atoms with Crippen molar-refractivity contribution in [2.75, 3.05) is 0 Å². The van der Waals surface area contributed by atoms with Gasteiger partial charge in [-0.05, 0) is 35.9 Å². The number of rotatable bonds is 7. The van der Waals surface area contributed by atoms with Gasteiger partial charge in [0.25, 0.3) is 0 Å². The monoisotopic (exact) mass is 346 g/mol. The topological polar surface area (TPSA) is 0 Å². The number of halogens is 3. The van der Waals surface area contributed by atoms with Crippen molar-refractivity contribution < 1.29 is 13.2 Å². The Morgan fingerprint density at radius 3 is 1.74 bits per heavy atom. The van der Waals surface area contributed by atoms with Crippen LogP contribution in [0.25, 0.3) is 0 Å². The molecular weight excluding hydrogens is 313 g/mol. The normalized spacial score (nSPS) is 14.7. The molecular formula is C19H33F3Si. The molecule has 134 valence electrons. The molecule has 0 saturated carbocycles. The Morgan fingerprint density at radius 2 is 1.39 bits per heavy atom. The van der Waals surface area contributed by atoms with E-state index in [2.05, 4.69) is 53.0 Å². The Morgan fingerprint density at radius 1 is 0.913 bits per heavy atom. The lowest BCUT2D eigenvalue weighted by atomic mass is 10.0. The van der Waals surface area contributed by atoms with Gasteiger partial charge in [-0.2, -0.15) is 13.2 Å². The summed E-state index contributed by atoms with van der Waals surface area (Å²) >= 11 is 0. The first-order valence-electron chi connectivity index (χ1n) is 8.74. The van der Waals surface area contributed by atoms with Crippen molar-refractivity contribution >= 4 is 8.07 Å². The van der Waals surface area contributed by atoms with Gasteiger partial charge in [-0.25, -0.2) is 0 Å². The van der Waals surface area contributed by atoms with Gasteiger partial charge in [-0.15, -0.1) is 5.54 Å². The molecule has 0 aliphatic carbocycles. The average Bonchev–Trinajstić information content (AvgIpc) is 2.39. The van der Waals surface area contributed by atoms with Crippen LogP contribution in [-0.4, -0.2) is 14.3 Å². The molecule has 0 radical (unpaired) electrons. The van der Waals surface area contributed by atoms with Crippen molar-refractivity contribution in [2.24, 2.45) is 5.92 Å². The van der Waals surface area contributed by atoms with E-state index < -0.39 is 20.2 Å². The van der Waals surface area contributed by atoms with Crippen molar-refractivity contribution in [2.45, 2.75) is 90.5 Å². The SMILES string of the molecule is CC/C=C/CC[C@H](C#C[Si](C(C)C)(C(C)C)C(C)C)C(F)(F)F. The van der Waals surface area contributed by atoms with Crippen LogP contribution in [0.4, 0.5) is 13.2 Å². The highest BCUT2D eigenvalue weighted by Gasteiger charge is 2.43. The predicted molar refractivity (Wildman–Crippen MR) is 97.0 cm³/mol. The minimum absolute atomic E-state index is 0.0613. The highest BCUT2D eigenvalue weighted by Crippen LogP contribution is 2.41. The summed E-state index contributed by atoms with van der Waals surface area (Å²) < 4.78 is 39.9. The van der Waals surface area contributed by atoms with Gasteiger partial charge in [-0.1, -0.05) is 66.5 Å². The van der Waals surface area contributed by atoms with Crippen LogP contribution in [0.15, 0.2) is 12.2 Å². The Balaban J connectivity index is 5.54. The van der Waals surface area contributed by atoms with Gasteiger partial charge in [0, 0.05) is 0 Å². The van der Waals surface area contributed by atoms with E-state index >= 15 is 0 Å². The van der Waals surface area contributed by atoms with Crippen LogP contribution < -0.4 is 0 Å². The molecule has 0 aromatic heterocycles. The van der Waals surface area contributed by atoms with Crippen LogP contribution in [0.3, 0.4) is 0 Å². The minimum Gasteiger partial charge on any atom is -0.170 e. The van der Waals surface area contributed by atoms with E-state index in [-0.39, 0.29) is 6.42 Å². The first-order chi connectivity index (χ1) is 10.5. The van der Waals surface area contributed by atoms with Gasteiger partial charge in [0.2, 0.25) is 0 Å². The fourth-order valence-electron chi connectivity index (χ4n) is 3.51. The maximum Gasteiger partial charge on any atom is 0.402 e. The summed E-state index contributed by atoms with van der Waals surface area (Å²) in [5.74, 6) is 1.17. The van der Waals surface area contributed by atoms with Gasteiger partial charge in [-0.3, -0.25) is 0 Å². The highest BCUT2D eigenvalue weighted by molar-refractivity contribution is 6.90. The van der Waals surface area contributed by atoms with Gasteiger partial charge in [0.05, 0.1) is 0 Å². The molecule has 0 saturated heterocycles. The predicted octanol–water partition coefficient (Wildman–Crippen LogP) is 7.13. The second kappa shape index (κ2) is 9.57. The summed E-state index contributed by atoms with van der Waals surface area (Å²) in [6.07, 6.45) is 0.858. The zero-order chi connectivity index (χ0) is 18.3. The second-order valence-corrected chi connectivity index (χ2v) is 12.8. The third-order valence-electron chi connectivity index (χ3n) is 4.75. The zero-order valence-electron chi connectivity index (χ0n) is 15.7. The second-order valence-electron chi connectivity index (χ2n) is 7.22. The largest absolute Gasteiger partial charge is 0.402 e. The smallest absolute Gasteiger partial charge is 0.170 e. The molecule has 4 heteroatoms. The molecule has 0 aromatic rings. The minimum atomic E-state index is -4.24. The van der Waals surface area contributed by atoms with Crippen LogP contribution in [0.5, 0.6) is 0 Å². The number of allylic oxidation sites excluding steroid dienone is 2. The first-order valence-corrected chi connectivity index (χ1v) is 11.0. The van der Waals surface area contributed by atoms with Crippen molar-refractivity contribution in [3.05, 3.63) is 12.2 Å². The fraction of sp³-hybridized carbons (Fsp3) is 0.789. The van der Waals surface area contributed by atoms with Gasteiger partial charge < -0.3 is 0 Å². The molecule has 0 aliphatic rings. The lowest BCUT2D eigenvalue weighted by Crippen LogP contribution is -2.43. The summed E-state index contributed by atoms with van der Waals surface area (Å²) in [5, 5.41) is 0. The van der Waals surface area contributed by atoms with Crippen LogP contribution >= 0.6 is 0 Å². The number of alkyl halides is 3.